The Morgan fingerprint density at radius 2 is 1.50 bits per heavy atom. The van der Waals surface area contributed by atoms with Crippen LogP contribution in [0.2, 0.25) is 0 Å². The molecule has 0 unspecified atom stereocenters. The molecule has 1 amide bonds. The van der Waals surface area contributed by atoms with E-state index in [1.54, 1.807) is 0 Å². The molecule has 216 valence electrons. The Labute approximate surface area is 220 Å². The van der Waals surface area contributed by atoms with Crippen LogP contribution in [0, 0.1) is 5.92 Å². The van der Waals surface area contributed by atoms with E-state index in [0.717, 1.165) is 35.1 Å². The highest BCUT2D eigenvalue weighted by Gasteiger charge is 2.32. The Hall–Kier alpha value is -3.79. The van der Waals surface area contributed by atoms with Crippen LogP contribution in [0.1, 0.15) is 45.6 Å². The fraction of sp³-hybridized carbons (Fsp3) is 0.375. The standard InChI is InChI=1S/C24H29N5O3.6H2O/c1-4-5-10-21(30)29(22(16(2)3)24(31)32)15-17-11-13-18(14-12-17)19-8-6-7-9-20(19)23-25-27-28-26-23;;;;;;/h6-9,11-14,16,22H,4-5,10,15H2,1-3H3,(H,31,32)(H,25,26,27,28);6*1H2/t22-;;;;;;/m0....../s1. The molecule has 14 nitrogen and oxygen atoms in total. The average Bonchev–Trinajstić information content (AvgIpc) is 3.32. The molecular formula is C24H41N5O9. The van der Waals surface area contributed by atoms with E-state index >= 15 is 0 Å². The highest BCUT2D eigenvalue weighted by Crippen LogP contribution is 2.30. The second-order valence-corrected chi connectivity index (χ2v) is 8.14. The number of aromatic amines is 1. The predicted octanol–water partition coefficient (Wildman–Crippen LogP) is -0.787. The van der Waals surface area contributed by atoms with Crippen LogP contribution >= 0.6 is 0 Å². The van der Waals surface area contributed by atoms with Gasteiger partial charge < -0.3 is 42.9 Å². The van der Waals surface area contributed by atoms with Gasteiger partial charge >= 0.3 is 5.97 Å². The Morgan fingerprint density at radius 1 is 0.921 bits per heavy atom. The molecule has 0 aliphatic carbocycles. The molecule has 14 heteroatoms. The molecule has 0 aliphatic rings. The second kappa shape index (κ2) is 19.3. The lowest BCUT2D eigenvalue weighted by Crippen LogP contribution is -2.47. The van der Waals surface area contributed by atoms with Gasteiger partial charge in [-0.25, -0.2) is 9.89 Å². The molecule has 0 spiro atoms. The van der Waals surface area contributed by atoms with Crippen molar-refractivity contribution in [2.75, 3.05) is 0 Å². The Balaban J connectivity index is -0.000000963. The number of aliphatic carboxylic acids is 1. The number of benzene rings is 2. The van der Waals surface area contributed by atoms with Crippen LogP contribution in [-0.2, 0) is 16.1 Å². The summed E-state index contributed by atoms with van der Waals surface area (Å²) in [6, 6.07) is 14.8. The zero-order valence-electron chi connectivity index (χ0n) is 21.7. The minimum absolute atomic E-state index is 0. The molecule has 1 aromatic heterocycles. The maximum absolute atomic E-state index is 12.9. The van der Waals surface area contributed by atoms with Crippen molar-refractivity contribution >= 4 is 11.9 Å². The van der Waals surface area contributed by atoms with E-state index in [9.17, 15) is 14.7 Å². The van der Waals surface area contributed by atoms with Crippen LogP contribution in [0.3, 0.4) is 0 Å². The van der Waals surface area contributed by atoms with Crippen molar-refractivity contribution in [2.24, 2.45) is 5.92 Å². The maximum atomic E-state index is 12.9. The third kappa shape index (κ3) is 9.93. The fourth-order valence-electron chi connectivity index (χ4n) is 3.79. The van der Waals surface area contributed by atoms with Gasteiger partial charge in [-0.05, 0) is 39.5 Å². The number of aromatic nitrogens is 4. The van der Waals surface area contributed by atoms with Crippen molar-refractivity contribution in [1.82, 2.24) is 25.5 Å². The average molecular weight is 544 g/mol. The molecule has 0 aliphatic heterocycles. The third-order valence-corrected chi connectivity index (χ3v) is 5.43. The Morgan fingerprint density at radius 3 is 1.97 bits per heavy atom. The summed E-state index contributed by atoms with van der Waals surface area (Å²) in [5.74, 6) is -0.713. The van der Waals surface area contributed by atoms with Gasteiger partial charge in [-0.1, -0.05) is 75.7 Å². The molecule has 0 saturated heterocycles. The minimum Gasteiger partial charge on any atom is -0.480 e. The van der Waals surface area contributed by atoms with Crippen LogP contribution in [0.4, 0.5) is 0 Å². The number of carboxylic acid groups (broad SMARTS) is 1. The maximum Gasteiger partial charge on any atom is 0.326 e. The number of H-pyrrole nitrogens is 1. The molecule has 0 fully saturated rings. The first-order chi connectivity index (χ1) is 15.4. The largest absolute Gasteiger partial charge is 0.480 e. The van der Waals surface area contributed by atoms with Gasteiger partial charge in [0, 0.05) is 18.5 Å². The lowest BCUT2D eigenvalue weighted by Gasteiger charge is -2.32. The van der Waals surface area contributed by atoms with Crippen LogP contribution in [0.15, 0.2) is 48.5 Å². The van der Waals surface area contributed by atoms with E-state index in [1.807, 2.05) is 69.3 Å². The molecule has 3 aromatic rings. The fourth-order valence-corrected chi connectivity index (χ4v) is 3.79. The summed E-state index contributed by atoms with van der Waals surface area (Å²) in [6.45, 7) is 5.93. The highest BCUT2D eigenvalue weighted by atomic mass is 16.4. The molecule has 14 N–H and O–H groups in total. The summed E-state index contributed by atoms with van der Waals surface area (Å²) in [7, 11) is 0. The van der Waals surface area contributed by atoms with Gasteiger partial charge in [0.1, 0.15) is 6.04 Å². The van der Waals surface area contributed by atoms with Crippen molar-refractivity contribution in [3.05, 3.63) is 54.1 Å². The van der Waals surface area contributed by atoms with E-state index in [4.69, 9.17) is 0 Å². The number of carbonyl (C=O) groups excluding carboxylic acids is 1. The summed E-state index contributed by atoms with van der Waals surface area (Å²) in [5.41, 5.74) is 3.71. The lowest BCUT2D eigenvalue weighted by molar-refractivity contribution is -0.153. The Kier molecular flexibility index (Phi) is 21.0. The number of carbonyl (C=O) groups is 2. The summed E-state index contributed by atoms with van der Waals surface area (Å²) in [5, 5.41) is 23.9. The molecule has 1 atom stereocenters. The van der Waals surface area contributed by atoms with Crippen molar-refractivity contribution in [1.29, 1.82) is 0 Å². The van der Waals surface area contributed by atoms with Crippen molar-refractivity contribution in [3.63, 3.8) is 0 Å². The van der Waals surface area contributed by atoms with Gasteiger partial charge in [0.2, 0.25) is 5.91 Å². The summed E-state index contributed by atoms with van der Waals surface area (Å²) in [4.78, 5) is 26.3. The molecule has 2 aromatic carbocycles. The molecule has 0 bridgehead atoms. The van der Waals surface area contributed by atoms with E-state index in [0.29, 0.717) is 12.2 Å². The number of nitrogens with zero attached hydrogens (tertiary/aromatic N) is 4. The van der Waals surface area contributed by atoms with E-state index < -0.39 is 12.0 Å². The van der Waals surface area contributed by atoms with Crippen LogP contribution in [0.5, 0.6) is 0 Å². The van der Waals surface area contributed by atoms with E-state index in [1.165, 1.54) is 4.90 Å². The molecule has 38 heavy (non-hydrogen) atoms. The van der Waals surface area contributed by atoms with Gasteiger partial charge in [-0.2, -0.15) is 0 Å². The van der Waals surface area contributed by atoms with Crippen molar-refractivity contribution in [2.45, 2.75) is 52.6 Å². The molecule has 0 saturated carbocycles. The SMILES string of the molecule is CCCCC(=O)N(Cc1ccc(-c2ccccc2-c2nnn[nH]2)cc1)[C@H](C(=O)O)C(C)C.O.O.O.O.O.O. The quantitative estimate of drug-likeness (QED) is 0.330. The zero-order chi connectivity index (χ0) is 23.1. The topological polar surface area (TPSA) is 301 Å². The first-order valence-electron chi connectivity index (χ1n) is 10.9. The number of carboxylic acids is 1. The lowest BCUT2D eigenvalue weighted by atomic mass is 9.97. The van der Waals surface area contributed by atoms with Crippen LogP contribution in [-0.4, -0.2) is 81.4 Å². The van der Waals surface area contributed by atoms with Gasteiger partial charge in [0.15, 0.2) is 5.82 Å². The van der Waals surface area contributed by atoms with E-state index in [-0.39, 0.29) is 51.2 Å². The van der Waals surface area contributed by atoms with Crippen molar-refractivity contribution < 1.29 is 47.6 Å². The molecular weight excluding hydrogens is 502 g/mol. The number of hydrogen-bond acceptors (Lipinski definition) is 5. The summed E-state index contributed by atoms with van der Waals surface area (Å²) >= 11 is 0. The number of unbranched alkanes of at least 4 members (excludes halogenated alkanes) is 1. The van der Waals surface area contributed by atoms with Gasteiger partial charge in [-0.3, -0.25) is 4.79 Å². The number of rotatable bonds is 10. The second-order valence-electron chi connectivity index (χ2n) is 8.14. The number of nitrogens with one attached hydrogen (secondary N) is 1. The Bertz CT molecular complexity index is 1050. The monoisotopic (exact) mass is 543 g/mol. The summed E-state index contributed by atoms with van der Waals surface area (Å²) < 4.78 is 0. The normalized spacial score (nSPS) is 10.1. The predicted molar refractivity (Wildman–Crippen MR) is 143 cm³/mol. The number of hydrogen-bond donors (Lipinski definition) is 2. The first-order valence-corrected chi connectivity index (χ1v) is 10.9. The number of amides is 1. The molecule has 0 radical (unpaired) electrons. The smallest absolute Gasteiger partial charge is 0.326 e. The van der Waals surface area contributed by atoms with Gasteiger partial charge in [0.25, 0.3) is 0 Å². The van der Waals surface area contributed by atoms with Crippen molar-refractivity contribution in [3.8, 4) is 22.5 Å². The van der Waals surface area contributed by atoms with E-state index in [2.05, 4.69) is 20.6 Å². The van der Waals surface area contributed by atoms with Crippen LogP contribution in [0.25, 0.3) is 22.5 Å². The minimum atomic E-state index is -0.976. The molecule has 1 heterocycles. The van der Waals surface area contributed by atoms with Crippen LogP contribution < -0.4 is 0 Å². The molecule has 3 rings (SSSR count). The van der Waals surface area contributed by atoms with Gasteiger partial charge in [0.05, 0.1) is 0 Å². The van der Waals surface area contributed by atoms with Gasteiger partial charge in [-0.15, -0.1) is 5.10 Å². The number of tetrazole rings is 1. The first kappa shape index (κ1) is 41.3. The summed E-state index contributed by atoms with van der Waals surface area (Å²) in [6.07, 6.45) is 1.98. The highest BCUT2D eigenvalue weighted by molar-refractivity contribution is 5.84. The third-order valence-electron chi connectivity index (χ3n) is 5.43. The zero-order valence-corrected chi connectivity index (χ0v) is 21.7.